The summed E-state index contributed by atoms with van der Waals surface area (Å²) >= 11 is 0. The molecule has 0 spiro atoms. The van der Waals surface area contributed by atoms with E-state index in [4.69, 9.17) is 4.74 Å². The van der Waals surface area contributed by atoms with Gasteiger partial charge in [0.05, 0.1) is 11.8 Å². The third-order valence-electron chi connectivity index (χ3n) is 6.35. The molecule has 0 radical (unpaired) electrons. The number of carboxylic acids is 1. The lowest BCUT2D eigenvalue weighted by molar-refractivity contribution is -0.142. The Kier molecular flexibility index (Phi) is 9.08. The standard InChI is InChI=1S/C27H34N2O5/c1-3-9-18(25(30)28-16-19(10-4-2)26(31)32)15-29-27(33)34-17-24-22-13-7-5-11-20(22)21-12-6-8-14-23(21)24/h5-8,11-14,18-19,24H,3-4,9-10,15-17H2,1-2H3,(H,28,30)(H,29,33)(H,31,32). The summed E-state index contributed by atoms with van der Waals surface area (Å²) < 4.78 is 5.55. The number of aliphatic carboxylic acids is 1. The molecule has 0 bridgehead atoms. The number of benzene rings is 2. The summed E-state index contributed by atoms with van der Waals surface area (Å²) in [5, 5.41) is 14.7. The van der Waals surface area contributed by atoms with Crippen molar-refractivity contribution in [3.8, 4) is 11.1 Å². The lowest BCUT2D eigenvalue weighted by Crippen LogP contribution is -2.41. The van der Waals surface area contributed by atoms with Crippen LogP contribution in [0.1, 0.15) is 56.6 Å². The summed E-state index contributed by atoms with van der Waals surface area (Å²) in [6, 6.07) is 16.3. The van der Waals surface area contributed by atoms with Gasteiger partial charge >= 0.3 is 12.1 Å². The lowest BCUT2D eigenvalue weighted by atomic mass is 9.98. The van der Waals surface area contributed by atoms with Crippen LogP contribution in [0.4, 0.5) is 4.79 Å². The molecule has 0 saturated carbocycles. The van der Waals surface area contributed by atoms with Crippen LogP contribution in [0.3, 0.4) is 0 Å². The molecule has 3 N–H and O–H groups in total. The van der Waals surface area contributed by atoms with Gasteiger partial charge in [0.2, 0.25) is 5.91 Å². The van der Waals surface area contributed by atoms with Crippen LogP contribution in [0.5, 0.6) is 0 Å². The fourth-order valence-corrected chi connectivity index (χ4v) is 4.56. The van der Waals surface area contributed by atoms with E-state index >= 15 is 0 Å². The highest BCUT2D eigenvalue weighted by atomic mass is 16.5. The first-order chi connectivity index (χ1) is 16.5. The quantitative estimate of drug-likeness (QED) is 0.425. The maximum absolute atomic E-state index is 12.6. The summed E-state index contributed by atoms with van der Waals surface area (Å²) in [6.45, 7) is 4.32. The zero-order valence-corrected chi connectivity index (χ0v) is 19.9. The van der Waals surface area contributed by atoms with Gasteiger partial charge in [-0.1, -0.05) is 75.2 Å². The van der Waals surface area contributed by atoms with Gasteiger partial charge in [-0.3, -0.25) is 9.59 Å². The van der Waals surface area contributed by atoms with Crippen LogP contribution in [-0.2, 0) is 14.3 Å². The van der Waals surface area contributed by atoms with E-state index in [1.54, 1.807) is 0 Å². The second-order valence-electron chi connectivity index (χ2n) is 8.76. The van der Waals surface area contributed by atoms with Crippen LogP contribution in [0.2, 0.25) is 0 Å². The molecular weight excluding hydrogens is 432 g/mol. The van der Waals surface area contributed by atoms with E-state index in [1.807, 2.05) is 38.1 Å². The first-order valence-electron chi connectivity index (χ1n) is 12.1. The number of ether oxygens (including phenoxy) is 1. The fraction of sp³-hybridized carbons (Fsp3) is 0.444. The third-order valence-corrected chi connectivity index (χ3v) is 6.35. The van der Waals surface area contributed by atoms with Gasteiger partial charge in [-0.25, -0.2) is 4.79 Å². The smallest absolute Gasteiger partial charge is 0.407 e. The summed E-state index contributed by atoms with van der Waals surface area (Å²) in [6.07, 6.45) is 2.02. The molecule has 2 unspecified atom stereocenters. The Morgan fingerprint density at radius 3 is 1.94 bits per heavy atom. The Balaban J connectivity index is 1.53. The number of nitrogens with one attached hydrogen (secondary N) is 2. The Bertz CT molecular complexity index is 961. The average Bonchev–Trinajstić information content (AvgIpc) is 3.16. The first-order valence-corrected chi connectivity index (χ1v) is 12.1. The van der Waals surface area contributed by atoms with Gasteiger partial charge in [-0.05, 0) is 35.1 Å². The summed E-state index contributed by atoms with van der Waals surface area (Å²) in [5.74, 6) is -2.23. The molecule has 1 aliphatic rings. The van der Waals surface area contributed by atoms with Gasteiger partial charge in [-0.15, -0.1) is 0 Å². The number of hydrogen-bond acceptors (Lipinski definition) is 4. The number of carbonyl (C=O) groups is 3. The van der Waals surface area contributed by atoms with Crippen molar-refractivity contribution in [3.63, 3.8) is 0 Å². The second kappa shape index (κ2) is 12.2. The highest BCUT2D eigenvalue weighted by molar-refractivity contribution is 5.81. The Morgan fingerprint density at radius 2 is 1.38 bits per heavy atom. The highest BCUT2D eigenvalue weighted by Gasteiger charge is 2.29. The summed E-state index contributed by atoms with van der Waals surface area (Å²) in [7, 11) is 0. The largest absolute Gasteiger partial charge is 0.481 e. The van der Waals surface area contributed by atoms with Crippen molar-refractivity contribution in [3.05, 3.63) is 59.7 Å². The van der Waals surface area contributed by atoms with Gasteiger partial charge in [-0.2, -0.15) is 0 Å². The molecule has 2 atom stereocenters. The molecule has 2 amide bonds. The van der Waals surface area contributed by atoms with E-state index < -0.39 is 23.9 Å². The van der Waals surface area contributed by atoms with Crippen LogP contribution in [0.15, 0.2) is 48.5 Å². The number of rotatable bonds is 12. The predicted octanol–water partition coefficient (Wildman–Crippen LogP) is 4.56. The molecule has 182 valence electrons. The normalized spacial score (nSPS) is 13.9. The lowest BCUT2D eigenvalue weighted by Gasteiger charge is -2.19. The van der Waals surface area contributed by atoms with E-state index in [0.29, 0.717) is 12.8 Å². The van der Waals surface area contributed by atoms with Crippen molar-refractivity contribution in [1.82, 2.24) is 10.6 Å². The Morgan fingerprint density at radius 1 is 0.853 bits per heavy atom. The van der Waals surface area contributed by atoms with Crippen LogP contribution in [0, 0.1) is 11.8 Å². The van der Waals surface area contributed by atoms with Crippen molar-refractivity contribution in [2.45, 2.75) is 45.4 Å². The highest BCUT2D eigenvalue weighted by Crippen LogP contribution is 2.44. The van der Waals surface area contributed by atoms with Gasteiger partial charge in [0.25, 0.3) is 0 Å². The van der Waals surface area contributed by atoms with E-state index in [9.17, 15) is 19.5 Å². The van der Waals surface area contributed by atoms with Crippen molar-refractivity contribution >= 4 is 18.0 Å². The summed E-state index contributed by atoms with van der Waals surface area (Å²) in [4.78, 5) is 36.4. The number of hydrogen-bond donors (Lipinski definition) is 3. The van der Waals surface area contributed by atoms with Crippen LogP contribution in [0.25, 0.3) is 11.1 Å². The molecule has 34 heavy (non-hydrogen) atoms. The Hall–Kier alpha value is -3.35. The molecule has 3 rings (SSSR count). The Labute approximate surface area is 200 Å². The number of amides is 2. The van der Waals surface area contributed by atoms with E-state index in [2.05, 4.69) is 34.9 Å². The summed E-state index contributed by atoms with van der Waals surface area (Å²) in [5.41, 5.74) is 4.60. The number of carbonyl (C=O) groups excluding carboxylic acids is 2. The molecule has 0 saturated heterocycles. The average molecular weight is 467 g/mol. The van der Waals surface area contributed by atoms with Gasteiger partial charge in [0.15, 0.2) is 0 Å². The minimum atomic E-state index is -0.911. The minimum Gasteiger partial charge on any atom is -0.481 e. The molecule has 0 aliphatic heterocycles. The molecule has 7 nitrogen and oxygen atoms in total. The zero-order chi connectivity index (χ0) is 24.5. The van der Waals surface area contributed by atoms with E-state index in [1.165, 1.54) is 0 Å². The predicted molar refractivity (Wildman–Crippen MR) is 131 cm³/mol. The SMILES string of the molecule is CCCC(CNC(=O)C(CCC)CNC(=O)OCC1c2ccccc2-c2ccccc21)C(=O)O. The monoisotopic (exact) mass is 466 g/mol. The number of fused-ring (bicyclic) bond motifs is 3. The van der Waals surface area contributed by atoms with E-state index in [-0.39, 0.29) is 31.5 Å². The van der Waals surface area contributed by atoms with Crippen LogP contribution >= 0.6 is 0 Å². The molecule has 0 aromatic heterocycles. The third kappa shape index (κ3) is 6.16. The van der Waals surface area contributed by atoms with Crippen molar-refractivity contribution in [1.29, 1.82) is 0 Å². The number of alkyl carbamates (subject to hydrolysis) is 1. The second-order valence-corrected chi connectivity index (χ2v) is 8.76. The van der Waals surface area contributed by atoms with Crippen molar-refractivity contribution in [2.75, 3.05) is 19.7 Å². The topological polar surface area (TPSA) is 105 Å². The van der Waals surface area contributed by atoms with Gasteiger partial charge in [0.1, 0.15) is 6.61 Å². The van der Waals surface area contributed by atoms with Crippen LogP contribution in [-0.4, -0.2) is 42.8 Å². The molecule has 0 heterocycles. The molecule has 1 aliphatic carbocycles. The van der Waals surface area contributed by atoms with Crippen LogP contribution < -0.4 is 10.6 Å². The fourth-order valence-electron chi connectivity index (χ4n) is 4.56. The van der Waals surface area contributed by atoms with Crippen molar-refractivity contribution in [2.24, 2.45) is 11.8 Å². The number of carboxylic acid groups (broad SMARTS) is 1. The van der Waals surface area contributed by atoms with Gasteiger partial charge in [0, 0.05) is 19.0 Å². The molecule has 0 fully saturated rings. The molecule has 2 aromatic carbocycles. The minimum absolute atomic E-state index is 0.0283. The van der Waals surface area contributed by atoms with Gasteiger partial charge < -0.3 is 20.5 Å². The van der Waals surface area contributed by atoms with Crippen molar-refractivity contribution < 1.29 is 24.2 Å². The van der Waals surface area contributed by atoms with E-state index in [0.717, 1.165) is 35.1 Å². The first kappa shape index (κ1) is 25.3. The molecular formula is C27H34N2O5. The maximum Gasteiger partial charge on any atom is 0.407 e. The maximum atomic E-state index is 12.6. The zero-order valence-electron chi connectivity index (χ0n) is 19.9. The molecule has 7 heteroatoms. The molecule has 2 aromatic rings.